The highest BCUT2D eigenvalue weighted by atomic mass is 16.5. The first-order valence-corrected chi connectivity index (χ1v) is 9.33. The number of pyridine rings is 1. The molecular weight excluding hydrogens is 358 g/mol. The summed E-state index contributed by atoms with van der Waals surface area (Å²) < 4.78 is 6.81. The highest BCUT2D eigenvalue weighted by Gasteiger charge is 2.16. The lowest BCUT2D eigenvalue weighted by Gasteiger charge is -2.26. The molecule has 0 unspecified atom stereocenters. The van der Waals surface area contributed by atoms with Crippen LogP contribution in [-0.2, 0) is 17.8 Å². The highest BCUT2D eigenvalue weighted by Crippen LogP contribution is 2.12. The quantitative estimate of drug-likeness (QED) is 0.761. The average molecular weight is 383 g/mol. The molecule has 1 saturated heterocycles. The van der Waals surface area contributed by atoms with E-state index >= 15 is 0 Å². The number of hydrogen-bond acceptors (Lipinski definition) is 5. The molecule has 0 saturated carbocycles. The third-order valence-corrected chi connectivity index (χ3v) is 4.82. The van der Waals surface area contributed by atoms with E-state index in [1.165, 1.54) is 30.8 Å². The number of nitrogens with one attached hydrogen (secondary N) is 1. The van der Waals surface area contributed by atoms with Gasteiger partial charge in [0.15, 0.2) is 5.78 Å². The molecule has 7 heteroatoms. The summed E-state index contributed by atoms with van der Waals surface area (Å²) in [5.41, 5.74) is 1.99. The number of carbonyl (C=O) groups excluding carboxylic acids is 2. The van der Waals surface area contributed by atoms with Crippen molar-refractivity contribution in [2.45, 2.75) is 20.0 Å². The summed E-state index contributed by atoms with van der Waals surface area (Å²) >= 11 is 0. The van der Waals surface area contributed by atoms with Gasteiger partial charge in [0.25, 0.3) is 11.5 Å². The number of aromatic nitrogens is 1. The lowest BCUT2D eigenvalue weighted by Crippen LogP contribution is -2.35. The fourth-order valence-corrected chi connectivity index (χ4v) is 3.28. The van der Waals surface area contributed by atoms with Crippen LogP contribution in [0.3, 0.4) is 0 Å². The van der Waals surface area contributed by atoms with Gasteiger partial charge in [-0.05, 0) is 24.1 Å². The van der Waals surface area contributed by atoms with E-state index in [0.29, 0.717) is 12.1 Å². The number of ketones is 1. The second kappa shape index (κ2) is 8.95. The van der Waals surface area contributed by atoms with Crippen molar-refractivity contribution < 1.29 is 14.3 Å². The Bertz CT molecular complexity index is 929. The Morgan fingerprint density at radius 1 is 1.11 bits per heavy atom. The molecule has 0 atom stereocenters. The summed E-state index contributed by atoms with van der Waals surface area (Å²) in [6.45, 7) is 5.83. The van der Waals surface area contributed by atoms with E-state index < -0.39 is 11.5 Å². The molecule has 2 heterocycles. The minimum Gasteiger partial charge on any atom is -0.379 e. The predicted molar refractivity (Wildman–Crippen MR) is 106 cm³/mol. The van der Waals surface area contributed by atoms with Crippen molar-refractivity contribution in [3.8, 4) is 0 Å². The Hall–Kier alpha value is -2.77. The summed E-state index contributed by atoms with van der Waals surface area (Å²) in [6, 6.07) is 9.38. The van der Waals surface area contributed by atoms with Gasteiger partial charge in [0.1, 0.15) is 5.56 Å². The van der Waals surface area contributed by atoms with Crippen molar-refractivity contribution in [2.75, 3.05) is 33.4 Å². The van der Waals surface area contributed by atoms with Gasteiger partial charge in [0.2, 0.25) is 0 Å². The van der Waals surface area contributed by atoms with Gasteiger partial charge in [-0.25, -0.2) is 0 Å². The molecule has 1 amide bonds. The van der Waals surface area contributed by atoms with Gasteiger partial charge >= 0.3 is 0 Å². The second-order valence-corrected chi connectivity index (χ2v) is 6.92. The molecular formula is C21H25N3O4. The van der Waals surface area contributed by atoms with Gasteiger partial charge in [-0.2, -0.15) is 0 Å². The van der Waals surface area contributed by atoms with E-state index in [9.17, 15) is 14.4 Å². The van der Waals surface area contributed by atoms with Crippen molar-refractivity contribution in [3.05, 3.63) is 69.1 Å². The zero-order chi connectivity index (χ0) is 20.1. The number of rotatable bonds is 6. The predicted octanol–water partition coefficient (Wildman–Crippen LogP) is 1.29. The van der Waals surface area contributed by atoms with E-state index in [-0.39, 0.29) is 11.3 Å². The molecule has 1 aliphatic heterocycles. The highest BCUT2D eigenvalue weighted by molar-refractivity contribution is 5.99. The minimum absolute atomic E-state index is 0.0281. The molecule has 7 nitrogen and oxygen atoms in total. The molecule has 0 bridgehead atoms. The second-order valence-electron chi connectivity index (χ2n) is 6.92. The zero-order valence-corrected chi connectivity index (χ0v) is 16.2. The number of benzene rings is 1. The molecule has 28 heavy (non-hydrogen) atoms. The number of amides is 1. The molecule has 3 rings (SSSR count). The van der Waals surface area contributed by atoms with E-state index in [2.05, 4.69) is 22.3 Å². The average Bonchev–Trinajstić information content (AvgIpc) is 2.70. The fourth-order valence-electron chi connectivity index (χ4n) is 3.28. The van der Waals surface area contributed by atoms with Crippen molar-refractivity contribution in [2.24, 2.45) is 0 Å². The van der Waals surface area contributed by atoms with Crippen LogP contribution in [0.4, 0.5) is 0 Å². The molecule has 1 aromatic heterocycles. The Labute approximate surface area is 163 Å². The van der Waals surface area contributed by atoms with E-state index in [1.54, 1.807) is 0 Å². The summed E-state index contributed by atoms with van der Waals surface area (Å²) in [5.74, 6) is -0.692. The molecule has 148 valence electrons. The van der Waals surface area contributed by atoms with Crippen LogP contribution in [0.15, 0.2) is 41.3 Å². The molecule has 0 spiro atoms. The van der Waals surface area contributed by atoms with E-state index in [4.69, 9.17) is 4.74 Å². The van der Waals surface area contributed by atoms with E-state index in [1.807, 2.05) is 12.1 Å². The summed E-state index contributed by atoms with van der Waals surface area (Å²) in [5, 5.41) is 2.45. The van der Waals surface area contributed by atoms with Gasteiger partial charge in [0, 0.05) is 38.4 Å². The fraction of sp³-hybridized carbons (Fsp3) is 0.381. The number of morpholine rings is 1. The molecule has 1 fully saturated rings. The number of carbonyl (C=O) groups is 2. The molecule has 2 aromatic rings. The maximum Gasteiger partial charge on any atom is 0.263 e. The molecule has 0 aliphatic carbocycles. The van der Waals surface area contributed by atoms with Crippen LogP contribution < -0.4 is 10.9 Å². The first-order valence-electron chi connectivity index (χ1n) is 9.33. The van der Waals surface area contributed by atoms with Gasteiger partial charge in [-0.3, -0.25) is 19.3 Å². The van der Waals surface area contributed by atoms with Gasteiger partial charge in [-0.1, -0.05) is 24.3 Å². The van der Waals surface area contributed by atoms with Crippen LogP contribution in [0.25, 0.3) is 0 Å². The van der Waals surface area contributed by atoms with Gasteiger partial charge < -0.3 is 14.6 Å². The SMILES string of the molecule is CNC(=O)c1cc(C(C)=O)cn(Cc2cccc(CN3CCOCC3)c2)c1=O. The number of hydrogen-bond donors (Lipinski definition) is 1. The van der Waals surface area contributed by atoms with E-state index in [0.717, 1.165) is 44.0 Å². The van der Waals surface area contributed by atoms with Gasteiger partial charge in [-0.15, -0.1) is 0 Å². The monoisotopic (exact) mass is 383 g/mol. The van der Waals surface area contributed by atoms with Gasteiger partial charge in [0.05, 0.1) is 19.8 Å². The van der Waals surface area contributed by atoms with Crippen molar-refractivity contribution in [3.63, 3.8) is 0 Å². The maximum atomic E-state index is 12.7. The summed E-state index contributed by atoms with van der Waals surface area (Å²) in [7, 11) is 1.46. The Morgan fingerprint density at radius 3 is 2.43 bits per heavy atom. The van der Waals surface area contributed by atoms with Crippen LogP contribution in [-0.4, -0.2) is 54.5 Å². The molecule has 1 aromatic carbocycles. The minimum atomic E-state index is -0.497. The van der Waals surface area contributed by atoms with Crippen LogP contribution in [0.5, 0.6) is 0 Å². The van der Waals surface area contributed by atoms with Crippen LogP contribution >= 0.6 is 0 Å². The Morgan fingerprint density at radius 2 is 1.79 bits per heavy atom. The van der Waals surface area contributed by atoms with Crippen LogP contribution in [0.2, 0.25) is 0 Å². The molecule has 1 N–H and O–H groups in total. The normalized spacial score (nSPS) is 14.6. The standard InChI is InChI=1S/C21H25N3O4/c1-15(25)18-11-19(20(26)22-2)21(27)24(14-18)13-17-5-3-4-16(10-17)12-23-6-8-28-9-7-23/h3-5,10-11,14H,6-9,12-13H2,1-2H3,(H,22,26). The third-order valence-electron chi connectivity index (χ3n) is 4.82. The smallest absolute Gasteiger partial charge is 0.263 e. The third kappa shape index (κ3) is 4.74. The van der Waals surface area contributed by atoms with Crippen molar-refractivity contribution in [1.82, 2.24) is 14.8 Å². The van der Waals surface area contributed by atoms with Crippen molar-refractivity contribution >= 4 is 11.7 Å². The first-order chi connectivity index (χ1) is 13.5. The number of Topliss-reactive ketones (excluding diaryl/α,β-unsaturated/α-hetero) is 1. The lowest BCUT2D eigenvalue weighted by atomic mass is 10.1. The lowest BCUT2D eigenvalue weighted by molar-refractivity contribution is 0.0342. The van der Waals surface area contributed by atoms with Crippen molar-refractivity contribution in [1.29, 1.82) is 0 Å². The van der Waals surface area contributed by atoms with Crippen LogP contribution in [0, 0.1) is 0 Å². The summed E-state index contributed by atoms with van der Waals surface area (Å²) in [4.78, 5) is 38.9. The zero-order valence-electron chi connectivity index (χ0n) is 16.2. The number of nitrogens with zero attached hydrogens (tertiary/aromatic N) is 2. The molecule has 0 radical (unpaired) electrons. The maximum absolute atomic E-state index is 12.7. The Kier molecular flexibility index (Phi) is 6.38. The Balaban J connectivity index is 1.87. The summed E-state index contributed by atoms with van der Waals surface area (Å²) in [6.07, 6.45) is 1.52. The largest absolute Gasteiger partial charge is 0.379 e. The first kappa shape index (κ1) is 20.0. The molecule has 1 aliphatic rings. The van der Waals surface area contributed by atoms with Crippen LogP contribution in [0.1, 0.15) is 38.8 Å². The topological polar surface area (TPSA) is 80.6 Å². The number of ether oxygens (including phenoxy) is 1.